The molecule has 2 N–H and O–H groups in total. The van der Waals surface area contributed by atoms with Crippen molar-refractivity contribution in [2.45, 2.75) is 19.9 Å². The molecule has 1 saturated heterocycles. The summed E-state index contributed by atoms with van der Waals surface area (Å²) in [6, 6.07) is 6.82. The normalized spacial score (nSPS) is 16.6. The topological polar surface area (TPSA) is 61.4 Å². The number of benzene rings is 1. The lowest BCUT2D eigenvalue weighted by Gasteiger charge is -2.30. The van der Waals surface area contributed by atoms with E-state index >= 15 is 0 Å². The van der Waals surface area contributed by atoms with Crippen LogP contribution in [0.3, 0.4) is 0 Å². The summed E-state index contributed by atoms with van der Waals surface area (Å²) >= 11 is 0. The molecule has 0 aromatic heterocycles. The van der Waals surface area contributed by atoms with Crippen molar-refractivity contribution in [2.75, 3.05) is 26.2 Å². The molecule has 1 aliphatic heterocycles. The largest absolute Gasteiger partial charge is 0.341 e. The molecule has 1 aromatic carbocycles. The quantitative estimate of drug-likeness (QED) is 0.846. The first-order valence-electron chi connectivity index (χ1n) is 6.95. The van der Waals surface area contributed by atoms with Gasteiger partial charge in [-0.2, -0.15) is 0 Å². The molecule has 0 spiro atoms. The molecule has 0 aliphatic carbocycles. The monoisotopic (exact) mass is 275 g/mol. The summed E-state index contributed by atoms with van der Waals surface area (Å²) in [7, 11) is 0. The van der Waals surface area contributed by atoms with Gasteiger partial charge in [0, 0.05) is 31.7 Å². The van der Waals surface area contributed by atoms with Crippen LogP contribution < -0.4 is 10.6 Å². The molecule has 1 aliphatic rings. The Morgan fingerprint density at radius 2 is 1.80 bits per heavy atom. The van der Waals surface area contributed by atoms with Crippen LogP contribution in [0.2, 0.25) is 0 Å². The number of carbonyl (C=O) groups excluding carboxylic acids is 2. The maximum atomic E-state index is 12.2. The van der Waals surface area contributed by atoms with Crippen LogP contribution >= 0.6 is 0 Å². The lowest BCUT2D eigenvalue weighted by atomic mass is 10.1. The van der Waals surface area contributed by atoms with E-state index in [1.807, 2.05) is 19.1 Å². The van der Waals surface area contributed by atoms with Crippen LogP contribution in [0.15, 0.2) is 24.3 Å². The predicted octanol–water partition coefficient (Wildman–Crippen LogP) is 0.545. The summed E-state index contributed by atoms with van der Waals surface area (Å²) in [5.74, 6) is -0.229. The van der Waals surface area contributed by atoms with Gasteiger partial charge in [0.2, 0.25) is 5.91 Å². The van der Waals surface area contributed by atoms with Crippen molar-refractivity contribution < 1.29 is 9.59 Å². The Kier molecular flexibility index (Phi) is 4.74. The van der Waals surface area contributed by atoms with Gasteiger partial charge < -0.3 is 15.5 Å². The Morgan fingerprint density at radius 1 is 1.20 bits per heavy atom. The number of nitrogens with zero attached hydrogens (tertiary/aromatic N) is 1. The number of hydrogen-bond acceptors (Lipinski definition) is 3. The molecule has 0 radical (unpaired) electrons. The first-order chi connectivity index (χ1) is 9.58. The highest BCUT2D eigenvalue weighted by atomic mass is 16.2. The summed E-state index contributed by atoms with van der Waals surface area (Å²) < 4.78 is 0. The Labute approximate surface area is 119 Å². The number of hydrogen-bond donors (Lipinski definition) is 2. The van der Waals surface area contributed by atoms with Crippen molar-refractivity contribution in [3.05, 3.63) is 35.4 Å². The molecule has 1 atom stereocenters. The number of carbonyl (C=O) groups is 2. The van der Waals surface area contributed by atoms with Gasteiger partial charge in [0.1, 0.15) is 6.04 Å². The zero-order valence-electron chi connectivity index (χ0n) is 12.0. The van der Waals surface area contributed by atoms with E-state index in [0.29, 0.717) is 18.7 Å². The van der Waals surface area contributed by atoms with Crippen LogP contribution in [-0.4, -0.2) is 48.9 Å². The Bertz CT molecular complexity index is 478. The highest BCUT2D eigenvalue weighted by Crippen LogP contribution is 2.04. The van der Waals surface area contributed by atoms with E-state index in [0.717, 1.165) is 18.7 Å². The van der Waals surface area contributed by atoms with Gasteiger partial charge in [-0.05, 0) is 26.0 Å². The summed E-state index contributed by atoms with van der Waals surface area (Å²) in [5.41, 5.74) is 1.68. The van der Waals surface area contributed by atoms with E-state index in [4.69, 9.17) is 0 Å². The van der Waals surface area contributed by atoms with E-state index in [-0.39, 0.29) is 11.8 Å². The lowest BCUT2D eigenvalue weighted by molar-refractivity contribution is -0.133. The Hall–Kier alpha value is -1.88. The second-order valence-electron chi connectivity index (χ2n) is 5.14. The third kappa shape index (κ3) is 3.57. The molecule has 5 nitrogen and oxygen atoms in total. The smallest absolute Gasteiger partial charge is 0.251 e. The molecule has 0 saturated carbocycles. The lowest BCUT2D eigenvalue weighted by Crippen LogP contribution is -2.53. The minimum Gasteiger partial charge on any atom is -0.341 e. The SMILES string of the molecule is Cc1ccc(C(=O)NC(C)C(=O)N2CCNCC2)cc1. The summed E-state index contributed by atoms with van der Waals surface area (Å²) in [4.78, 5) is 26.1. The van der Waals surface area contributed by atoms with Crippen LogP contribution in [0.4, 0.5) is 0 Å². The fourth-order valence-electron chi connectivity index (χ4n) is 2.21. The minimum absolute atomic E-state index is 0.0213. The highest BCUT2D eigenvalue weighted by molar-refractivity contribution is 5.97. The van der Waals surface area contributed by atoms with Crippen molar-refractivity contribution in [2.24, 2.45) is 0 Å². The molecule has 1 unspecified atom stereocenters. The van der Waals surface area contributed by atoms with Crippen LogP contribution in [-0.2, 0) is 4.79 Å². The van der Waals surface area contributed by atoms with Gasteiger partial charge in [-0.1, -0.05) is 17.7 Å². The van der Waals surface area contributed by atoms with Gasteiger partial charge >= 0.3 is 0 Å². The second kappa shape index (κ2) is 6.52. The predicted molar refractivity (Wildman–Crippen MR) is 77.6 cm³/mol. The van der Waals surface area contributed by atoms with Gasteiger partial charge in [-0.3, -0.25) is 9.59 Å². The Morgan fingerprint density at radius 3 is 2.40 bits per heavy atom. The number of rotatable bonds is 3. The maximum absolute atomic E-state index is 12.2. The molecular weight excluding hydrogens is 254 g/mol. The molecule has 108 valence electrons. The van der Waals surface area contributed by atoms with Crippen molar-refractivity contribution in [3.8, 4) is 0 Å². The maximum Gasteiger partial charge on any atom is 0.251 e. The summed E-state index contributed by atoms with van der Waals surface area (Å²) in [5, 5.41) is 5.96. The van der Waals surface area contributed by atoms with Crippen LogP contribution in [0, 0.1) is 6.92 Å². The van der Waals surface area contributed by atoms with Crippen LogP contribution in [0.25, 0.3) is 0 Å². The fraction of sp³-hybridized carbons (Fsp3) is 0.467. The minimum atomic E-state index is -0.498. The van der Waals surface area contributed by atoms with Gasteiger partial charge in [-0.15, -0.1) is 0 Å². The van der Waals surface area contributed by atoms with Crippen molar-refractivity contribution in [3.63, 3.8) is 0 Å². The zero-order valence-corrected chi connectivity index (χ0v) is 12.0. The second-order valence-corrected chi connectivity index (χ2v) is 5.14. The van der Waals surface area contributed by atoms with Crippen molar-refractivity contribution in [1.29, 1.82) is 0 Å². The van der Waals surface area contributed by atoms with Crippen molar-refractivity contribution >= 4 is 11.8 Å². The molecule has 2 rings (SSSR count). The average molecular weight is 275 g/mol. The van der Waals surface area contributed by atoms with Gasteiger partial charge in [0.05, 0.1) is 0 Å². The van der Waals surface area contributed by atoms with E-state index in [9.17, 15) is 9.59 Å². The number of piperazine rings is 1. The molecular formula is C15H21N3O2. The number of aryl methyl sites for hydroxylation is 1. The standard InChI is InChI=1S/C15H21N3O2/c1-11-3-5-13(6-4-11)14(19)17-12(2)15(20)18-9-7-16-8-10-18/h3-6,12,16H,7-10H2,1-2H3,(H,17,19). The van der Waals surface area contributed by atoms with E-state index < -0.39 is 6.04 Å². The molecule has 20 heavy (non-hydrogen) atoms. The van der Waals surface area contributed by atoms with E-state index in [1.165, 1.54) is 0 Å². The molecule has 0 bridgehead atoms. The average Bonchev–Trinajstić information content (AvgIpc) is 2.48. The molecule has 5 heteroatoms. The van der Waals surface area contributed by atoms with Crippen molar-refractivity contribution in [1.82, 2.24) is 15.5 Å². The molecule has 1 fully saturated rings. The summed E-state index contributed by atoms with van der Waals surface area (Å²) in [6.45, 7) is 6.72. The third-order valence-electron chi connectivity index (χ3n) is 3.46. The highest BCUT2D eigenvalue weighted by Gasteiger charge is 2.23. The first kappa shape index (κ1) is 14.5. The Balaban J connectivity index is 1.92. The van der Waals surface area contributed by atoms with Gasteiger partial charge in [0.15, 0.2) is 0 Å². The van der Waals surface area contributed by atoms with E-state index in [1.54, 1.807) is 24.0 Å². The molecule has 1 aromatic rings. The number of amides is 2. The first-order valence-corrected chi connectivity index (χ1v) is 6.95. The fourth-order valence-corrected chi connectivity index (χ4v) is 2.21. The zero-order chi connectivity index (χ0) is 14.5. The summed E-state index contributed by atoms with van der Waals surface area (Å²) in [6.07, 6.45) is 0. The van der Waals surface area contributed by atoms with Crippen LogP contribution in [0.1, 0.15) is 22.8 Å². The van der Waals surface area contributed by atoms with E-state index in [2.05, 4.69) is 10.6 Å². The molecule has 1 heterocycles. The van der Waals surface area contributed by atoms with Gasteiger partial charge in [-0.25, -0.2) is 0 Å². The third-order valence-corrected chi connectivity index (χ3v) is 3.46. The number of nitrogens with one attached hydrogen (secondary N) is 2. The van der Waals surface area contributed by atoms with Crippen LogP contribution in [0.5, 0.6) is 0 Å². The van der Waals surface area contributed by atoms with Gasteiger partial charge in [0.25, 0.3) is 5.91 Å². The molecule has 2 amide bonds.